The third kappa shape index (κ3) is 2.15. The van der Waals surface area contributed by atoms with Crippen LogP contribution in [-0.4, -0.2) is 24.5 Å². The molecule has 0 fully saturated rings. The minimum Gasteiger partial charge on any atom is -0.305 e. The second kappa shape index (κ2) is 5.00. The van der Waals surface area contributed by atoms with Gasteiger partial charge in [-0.05, 0) is 31.5 Å². The molecule has 0 aliphatic rings. The van der Waals surface area contributed by atoms with Gasteiger partial charge in [0.25, 0.3) is 0 Å². The summed E-state index contributed by atoms with van der Waals surface area (Å²) in [4.78, 5) is 17.9. The monoisotopic (exact) mass is 267 g/mol. The normalized spacial score (nSPS) is 11.2. The molecule has 0 spiro atoms. The third-order valence-corrected chi connectivity index (χ3v) is 3.34. The molecule has 0 saturated carbocycles. The van der Waals surface area contributed by atoms with E-state index in [9.17, 15) is 0 Å². The van der Waals surface area contributed by atoms with E-state index in [4.69, 9.17) is 4.98 Å². The van der Waals surface area contributed by atoms with E-state index in [1.165, 1.54) is 0 Å². The zero-order valence-electron chi connectivity index (χ0n) is 12.0. The first-order valence-electron chi connectivity index (χ1n) is 6.78. The lowest BCUT2D eigenvalue weighted by atomic mass is 10.2. The number of rotatable bonds is 3. The fraction of sp³-hybridized carbons (Fsp3) is 0.333. The first-order chi connectivity index (χ1) is 9.69. The zero-order chi connectivity index (χ0) is 14.1. The number of hydrogen-bond donors (Lipinski definition) is 0. The summed E-state index contributed by atoms with van der Waals surface area (Å²) in [6, 6.07) is 3.89. The van der Waals surface area contributed by atoms with Crippen LogP contribution in [-0.2, 0) is 13.0 Å². The quantitative estimate of drug-likeness (QED) is 0.731. The van der Waals surface area contributed by atoms with Crippen molar-refractivity contribution in [3.63, 3.8) is 0 Å². The Bertz CT molecular complexity index is 746. The van der Waals surface area contributed by atoms with Crippen molar-refractivity contribution in [3.8, 4) is 0 Å². The Kier molecular flexibility index (Phi) is 3.18. The van der Waals surface area contributed by atoms with Gasteiger partial charge in [0.1, 0.15) is 17.2 Å². The number of aromatic nitrogens is 5. The molecule has 3 rings (SSSR count). The smallest absolute Gasteiger partial charge is 0.160 e. The zero-order valence-corrected chi connectivity index (χ0v) is 12.0. The van der Waals surface area contributed by atoms with Gasteiger partial charge in [-0.1, -0.05) is 6.92 Å². The average Bonchev–Trinajstić information content (AvgIpc) is 2.78. The predicted octanol–water partition coefficient (Wildman–Crippen LogP) is 2.45. The van der Waals surface area contributed by atoms with E-state index >= 15 is 0 Å². The van der Waals surface area contributed by atoms with Crippen LogP contribution in [0.4, 0.5) is 0 Å². The molecular formula is C15H17N5. The summed E-state index contributed by atoms with van der Waals surface area (Å²) in [5.41, 5.74) is 4.07. The number of pyridine rings is 1. The molecule has 5 nitrogen and oxygen atoms in total. The van der Waals surface area contributed by atoms with Gasteiger partial charge in [0.2, 0.25) is 0 Å². The van der Waals surface area contributed by atoms with Crippen LogP contribution in [0.15, 0.2) is 24.5 Å². The van der Waals surface area contributed by atoms with Crippen LogP contribution in [0.3, 0.4) is 0 Å². The molecule has 0 aliphatic carbocycles. The van der Waals surface area contributed by atoms with E-state index in [0.717, 1.165) is 40.5 Å². The van der Waals surface area contributed by atoms with Crippen molar-refractivity contribution in [2.45, 2.75) is 33.7 Å². The van der Waals surface area contributed by atoms with Gasteiger partial charge >= 0.3 is 0 Å². The lowest BCUT2D eigenvalue weighted by molar-refractivity contribution is 0.708. The van der Waals surface area contributed by atoms with Crippen LogP contribution in [0.25, 0.3) is 11.2 Å². The molecule has 102 valence electrons. The van der Waals surface area contributed by atoms with Crippen molar-refractivity contribution in [1.29, 1.82) is 0 Å². The Morgan fingerprint density at radius 3 is 2.55 bits per heavy atom. The Morgan fingerprint density at radius 1 is 1.10 bits per heavy atom. The first kappa shape index (κ1) is 12.7. The third-order valence-electron chi connectivity index (χ3n) is 3.34. The summed E-state index contributed by atoms with van der Waals surface area (Å²) in [6.07, 6.45) is 4.38. The second-order valence-electron chi connectivity index (χ2n) is 4.89. The van der Waals surface area contributed by atoms with E-state index in [0.29, 0.717) is 6.54 Å². The molecule has 0 amide bonds. The Balaban J connectivity index is 2.17. The number of fused-ring (bicyclic) bond motifs is 1. The largest absolute Gasteiger partial charge is 0.305 e. The highest BCUT2D eigenvalue weighted by atomic mass is 15.1. The summed E-state index contributed by atoms with van der Waals surface area (Å²) in [5, 5.41) is 0. The van der Waals surface area contributed by atoms with Gasteiger partial charge in [0.05, 0.1) is 6.54 Å². The summed E-state index contributed by atoms with van der Waals surface area (Å²) in [7, 11) is 0. The van der Waals surface area contributed by atoms with Crippen molar-refractivity contribution < 1.29 is 0 Å². The minimum absolute atomic E-state index is 0.608. The summed E-state index contributed by atoms with van der Waals surface area (Å²) >= 11 is 0. The van der Waals surface area contributed by atoms with E-state index in [1.54, 1.807) is 12.4 Å². The molecule has 20 heavy (non-hydrogen) atoms. The summed E-state index contributed by atoms with van der Waals surface area (Å²) in [5.74, 6) is 1.80. The van der Waals surface area contributed by atoms with Gasteiger partial charge < -0.3 is 4.57 Å². The highest BCUT2D eigenvalue weighted by Crippen LogP contribution is 2.20. The van der Waals surface area contributed by atoms with Gasteiger partial charge in [-0.15, -0.1) is 0 Å². The van der Waals surface area contributed by atoms with Crippen molar-refractivity contribution in [2.24, 2.45) is 0 Å². The molecule has 0 N–H and O–H groups in total. The van der Waals surface area contributed by atoms with Crippen LogP contribution < -0.4 is 0 Å². The van der Waals surface area contributed by atoms with E-state index in [1.807, 2.05) is 13.0 Å². The van der Waals surface area contributed by atoms with Gasteiger partial charge in [0.15, 0.2) is 5.65 Å². The Labute approximate surface area is 117 Å². The topological polar surface area (TPSA) is 56.5 Å². The highest BCUT2D eigenvalue weighted by Gasteiger charge is 2.14. The molecule has 3 aromatic heterocycles. The maximum Gasteiger partial charge on any atom is 0.160 e. The first-order valence-corrected chi connectivity index (χ1v) is 6.78. The van der Waals surface area contributed by atoms with E-state index < -0.39 is 0 Å². The van der Waals surface area contributed by atoms with Crippen LogP contribution >= 0.6 is 0 Å². The van der Waals surface area contributed by atoms with Gasteiger partial charge in [0, 0.05) is 24.5 Å². The molecule has 3 aromatic rings. The molecule has 5 heteroatoms. The number of hydrogen-bond acceptors (Lipinski definition) is 4. The molecule has 0 aromatic carbocycles. The van der Waals surface area contributed by atoms with E-state index in [-0.39, 0.29) is 0 Å². The lowest BCUT2D eigenvalue weighted by Gasteiger charge is -2.06. The predicted molar refractivity (Wildman–Crippen MR) is 77.5 cm³/mol. The average molecular weight is 267 g/mol. The van der Waals surface area contributed by atoms with Crippen LogP contribution in [0.5, 0.6) is 0 Å². The molecule has 0 unspecified atom stereocenters. The number of nitrogens with zero attached hydrogens (tertiary/aromatic N) is 5. The molecule has 0 atom stereocenters. The van der Waals surface area contributed by atoms with Gasteiger partial charge in [-0.3, -0.25) is 0 Å². The summed E-state index contributed by atoms with van der Waals surface area (Å²) in [6.45, 7) is 6.80. The van der Waals surface area contributed by atoms with Crippen LogP contribution in [0.1, 0.15) is 29.8 Å². The number of imidazole rings is 1. The molecule has 0 aliphatic heterocycles. The maximum atomic E-state index is 4.71. The molecule has 0 radical (unpaired) electrons. The van der Waals surface area contributed by atoms with Gasteiger partial charge in [-0.25, -0.2) is 19.9 Å². The highest BCUT2D eigenvalue weighted by molar-refractivity contribution is 5.76. The molecule has 0 bridgehead atoms. The molecular weight excluding hydrogens is 250 g/mol. The van der Waals surface area contributed by atoms with Crippen molar-refractivity contribution in [2.75, 3.05) is 0 Å². The SMILES string of the molecule is CCc1nc2c(C)cc(C)nc2n1Cc1ncccn1. The van der Waals surface area contributed by atoms with E-state index in [2.05, 4.69) is 39.4 Å². The second-order valence-corrected chi connectivity index (χ2v) is 4.89. The molecule has 3 heterocycles. The standard InChI is InChI=1S/C15H17N5/c1-4-13-19-14-10(2)8-11(3)18-15(14)20(13)9-12-16-6-5-7-17-12/h5-8H,4,9H2,1-3H3. The van der Waals surface area contributed by atoms with Crippen LogP contribution in [0, 0.1) is 13.8 Å². The minimum atomic E-state index is 0.608. The number of aryl methyl sites for hydroxylation is 3. The maximum absolute atomic E-state index is 4.71. The molecule has 0 saturated heterocycles. The van der Waals surface area contributed by atoms with Crippen LogP contribution in [0.2, 0.25) is 0 Å². The summed E-state index contributed by atoms with van der Waals surface area (Å²) < 4.78 is 2.12. The van der Waals surface area contributed by atoms with Crippen molar-refractivity contribution in [3.05, 3.63) is 47.4 Å². The fourth-order valence-electron chi connectivity index (χ4n) is 2.44. The van der Waals surface area contributed by atoms with Crippen molar-refractivity contribution in [1.82, 2.24) is 24.5 Å². The fourth-order valence-corrected chi connectivity index (χ4v) is 2.44. The lowest BCUT2D eigenvalue weighted by Crippen LogP contribution is -2.08. The Hall–Kier alpha value is -2.30. The van der Waals surface area contributed by atoms with Crippen molar-refractivity contribution >= 4 is 11.2 Å². The van der Waals surface area contributed by atoms with Gasteiger partial charge in [-0.2, -0.15) is 0 Å². The Morgan fingerprint density at radius 2 is 1.85 bits per heavy atom.